The van der Waals surface area contributed by atoms with Gasteiger partial charge in [-0.25, -0.2) is 18.0 Å². The summed E-state index contributed by atoms with van der Waals surface area (Å²) in [6, 6.07) is 3.83. The Kier molecular flexibility index (Phi) is 3.65. The summed E-state index contributed by atoms with van der Waals surface area (Å²) in [5, 5.41) is 16.7. The number of benzene rings is 1. The maximum Gasteiger partial charge on any atom is 0.407 e. The number of nitrogens with zero attached hydrogens (tertiary/aromatic N) is 5. The molecule has 2 aromatic rings. The molecule has 2 amide bonds. The van der Waals surface area contributed by atoms with Crippen molar-refractivity contribution in [2.75, 3.05) is 26.2 Å². The number of aromatic nitrogens is 3. The first-order chi connectivity index (χ1) is 12.7. The lowest BCUT2D eigenvalue weighted by Crippen LogP contribution is -2.44. The third-order valence-electron chi connectivity index (χ3n) is 4.97. The summed E-state index contributed by atoms with van der Waals surface area (Å²) in [6.07, 6.45) is 1.25. The van der Waals surface area contributed by atoms with Gasteiger partial charge < -0.3 is 14.9 Å². The number of rotatable bonds is 2. The van der Waals surface area contributed by atoms with E-state index in [0.29, 0.717) is 4.90 Å². The second-order valence-corrected chi connectivity index (χ2v) is 6.68. The average molecular weight is 381 g/mol. The smallest absolute Gasteiger partial charge is 0.407 e. The molecule has 1 aromatic carbocycles. The van der Waals surface area contributed by atoms with E-state index in [4.69, 9.17) is 5.11 Å². The molecule has 0 radical (unpaired) electrons. The van der Waals surface area contributed by atoms with E-state index in [1.165, 1.54) is 24.5 Å². The molecule has 2 atom stereocenters. The number of carbonyl (C=O) groups is 2. The minimum Gasteiger partial charge on any atom is -0.465 e. The van der Waals surface area contributed by atoms with Crippen LogP contribution in [0.15, 0.2) is 30.6 Å². The van der Waals surface area contributed by atoms with Gasteiger partial charge in [0.1, 0.15) is 17.1 Å². The Bertz CT molecular complexity index is 904. The minimum absolute atomic E-state index is 0.0371. The average Bonchev–Trinajstić information content (AvgIpc) is 3.26. The van der Waals surface area contributed by atoms with Crippen LogP contribution in [0, 0.1) is 5.82 Å². The van der Waals surface area contributed by atoms with Crippen LogP contribution in [0.1, 0.15) is 10.4 Å². The largest absolute Gasteiger partial charge is 0.465 e. The van der Waals surface area contributed by atoms with Crippen molar-refractivity contribution in [3.05, 3.63) is 42.0 Å². The lowest BCUT2D eigenvalue weighted by molar-refractivity contribution is 0.0491. The Hall–Kier alpha value is -3.11. The zero-order chi connectivity index (χ0) is 19.4. The third kappa shape index (κ3) is 2.53. The Morgan fingerprint density at radius 1 is 1.00 bits per heavy atom. The molecule has 1 aromatic heterocycles. The summed E-state index contributed by atoms with van der Waals surface area (Å²) >= 11 is 0. The van der Waals surface area contributed by atoms with Crippen molar-refractivity contribution in [3.8, 4) is 5.69 Å². The fourth-order valence-electron chi connectivity index (χ4n) is 3.66. The molecule has 27 heavy (non-hydrogen) atoms. The fraction of sp³-hybridized carbons (Fsp3) is 0.375. The number of amides is 2. The van der Waals surface area contributed by atoms with E-state index < -0.39 is 60.9 Å². The molecule has 0 aliphatic carbocycles. The molecule has 0 saturated carbocycles. The van der Waals surface area contributed by atoms with Gasteiger partial charge in [-0.05, 0) is 12.1 Å². The Morgan fingerprint density at radius 2 is 1.56 bits per heavy atom. The molecular weight excluding hydrogens is 367 g/mol. The number of hydrogen-bond acceptors (Lipinski definition) is 4. The van der Waals surface area contributed by atoms with Gasteiger partial charge >= 0.3 is 6.09 Å². The predicted octanol–water partition coefficient (Wildman–Crippen LogP) is 1.27. The van der Waals surface area contributed by atoms with Gasteiger partial charge in [0.25, 0.3) is 5.91 Å². The zero-order valence-electron chi connectivity index (χ0n) is 13.8. The molecule has 0 unspecified atom stereocenters. The van der Waals surface area contributed by atoms with Gasteiger partial charge in [-0.3, -0.25) is 4.79 Å². The Balaban J connectivity index is 1.66. The molecular formula is C16H14F3N5O3. The monoisotopic (exact) mass is 381 g/mol. The van der Waals surface area contributed by atoms with Crippen molar-refractivity contribution in [2.45, 2.75) is 11.3 Å². The van der Waals surface area contributed by atoms with Gasteiger partial charge in [-0.2, -0.15) is 15.0 Å². The van der Waals surface area contributed by atoms with E-state index in [1.54, 1.807) is 0 Å². The fourth-order valence-corrected chi connectivity index (χ4v) is 3.66. The van der Waals surface area contributed by atoms with E-state index in [1.807, 2.05) is 0 Å². The molecule has 142 valence electrons. The van der Waals surface area contributed by atoms with Crippen molar-refractivity contribution in [3.63, 3.8) is 0 Å². The molecule has 2 fully saturated rings. The molecule has 0 spiro atoms. The maximum atomic E-state index is 15.1. The highest BCUT2D eigenvalue weighted by Crippen LogP contribution is 2.45. The van der Waals surface area contributed by atoms with Crippen molar-refractivity contribution in [2.24, 2.45) is 0 Å². The van der Waals surface area contributed by atoms with E-state index in [0.717, 1.165) is 15.8 Å². The van der Waals surface area contributed by atoms with Crippen LogP contribution in [0.5, 0.6) is 0 Å². The highest BCUT2D eigenvalue weighted by Gasteiger charge is 2.67. The first-order valence-electron chi connectivity index (χ1n) is 8.04. The number of hydrogen-bond donors (Lipinski definition) is 1. The van der Waals surface area contributed by atoms with Crippen LogP contribution in [-0.4, -0.2) is 79.4 Å². The van der Waals surface area contributed by atoms with E-state index in [2.05, 4.69) is 10.2 Å². The maximum absolute atomic E-state index is 15.1. The van der Waals surface area contributed by atoms with Crippen LogP contribution in [-0.2, 0) is 0 Å². The summed E-state index contributed by atoms with van der Waals surface area (Å²) in [6.45, 7) is -2.72. The molecule has 8 nitrogen and oxygen atoms in total. The summed E-state index contributed by atoms with van der Waals surface area (Å²) in [5.41, 5.74) is -5.46. The van der Waals surface area contributed by atoms with Crippen LogP contribution >= 0.6 is 0 Å². The first kappa shape index (κ1) is 17.3. The van der Waals surface area contributed by atoms with Crippen molar-refractivity contribution >= 4 is 12.0 Å². The van der Waals surface area contributed by atoms with Crippen LogP contribution < -0.4 is 0 Å². The summed E-state index contributed by atoms with van der Waals surface area (Å²) in [4.78, 5) is 26.4. The Morgan fingerprint density at radius 3 is 2.11 bits per heavy atom. The molecule has 2 aliphatic rings. The second kappa shape index (κ2) is 5.69. The molecule has 1 N–H and O–H groups in total. The van der Waals surface area contributed by atoms with Gasteiger partial charge in [0.05, 0.1) is 38.6 Å². The highest BCUT2D eigenvalue weighted by molar-refractivity contribution is 5.98. The quantitative estimate of drug-likeness (QED) is 0.846. The van der Waals surface area contributed by atoms with Crippen LogP contribution in [0.4, 0.5) is 18.0 Å². The van der Waals surface area contributed by atoms with E-state index in [-0.39, 0.29) is 5.69 Å². The number of halogens is 3. The predicted molar refractivity (Wildman–Crippen MR) is 84.5 cm³/mol. The topological polar surface area (TPSA) is 91.6 Å². The number of carbonyl (C=O) groups excluding carboxylic acids is 1. The van der Waals surface area contributed by atoms with Gasteiger partial charge in [-0.15, -0.1) is 0 Å². The van der Waals surface area contributed by atoms with Crippen molar-refractivity contribution in [1.82, 2.24) is 24.8 Å². The van der Waals surface area contributed by atoms with E-state index >= 15 is 8.78 Å². The second-order valence-electron chi connectivity index (χ2n) is 6.68. The molecule has 2 aliphatic heterocycles. The van der Waals surface area contributed by atoms with Crippen LogP contribution in [0.2, 0.25) is 0 Å². The van der Waals surface area contributed by atoms with Crippen LogP contribution in [0.3, 0.4) is 0 Å². The standard InChI is InChI=1S/C16H14F3N5O3/c17-10-2-1-3-11(24-20-4-5-21-24)12(10)13(25)22-6-15(18)8-23(14(26)27)9-16(15,19)7-22/h1-5H,6-9H2,(H,26,27)/t15-,16+. The molecule has 3 heterocycles. The van der Waals surface area contributed by atoms with Crippen molar-refractivity contribution < 1.29 is 27.9 Å². The normalized spacial score (nSPS) is 27.1. The number of carboxylic acid groups (broad SMARTS) is 1. The van der Waals surface area contributed by atoms with Crippen molar-refractivity contribution in [1.29, 1.82) is 0 Å². The summed E-state index contributed by atoms with van der Waals surface area (Å²) in [5.74, 6) is -1.79. The lowest BCUT2D eigenvalue weighted by Gasteiger charge is -2.22. The SMILES string of the molecule is O=C(O)N1C[C@@]2(F)CN(C(=O)c3c(F)cccc3-n3nccn3)C[C@@]2(F)C1. The number of likely N-dealkylation sites (tertiary alicyclic amines) is 2. The minimum atomic E-state index is -2.55. The Labute approximate surface area is 150 Å². The summed E-state index contributed by atoms with van der Waals surface area (Å²) in [7, 11) is 0. The lowest BCUT2D eigenvalue weighted by atomic mass is 9.94. The third-order valence-corrected chi connectivity index (χ3v) is 4.97. The molecule has 4 rings (SSSR count). The first-order valence-corrected chi connectivity index (χ1v) is 8.04. The summed E-state index contributed by atoms with van der Waals surface area (Å²) < 4.78 is 44.6. The number of alkyl halides is 2. The van der Waals surface area contributed by atoms with Gasteiger partial charge in [-0.1, -0.05) is 6.07 Å². The molecule has 11 heteroatoms. The van der Waals surface area contributed by atoms with Gasteiger partial charge in [0, 0.05) is 0 Å². The number of fused-ring (bicyclic) bond motifs is 1. The molecule has 2 saturated heterocycles. The molecule has 0 bridgehead atoms. The zero-order valence-corrected chi connectivity index (χ0v) is 13.8. The highest BCUT2D eigenvalue weighted by atomic mass is 19.2. The van der Waals surface area contributed by atoms with Crippen LogP contribution in [0.25, 0.3) is 5.69 Å². The van der Waals surface area contributed by atoms with Gasteiger partial charge in [0.2, 0.25) is 0 Å². The van der Waals surface area contributed by atoms with E-state index in [9.17, 15) is 14.0 Å². The van der Waals surface area contributed by atoms with Gasteiger partial charge in [0.15, 0.2) is 11.3 Å².